The summed E-state index contributed by atoms with van der Waals surface area (Å²) in [4.78, 5) is 27.6. The summed E-state index contributed by atoms with van der Waals surface area (Å²) in [6.07, 6.45) is 11.3. The van der Waals surface area contributed by atoms with Gasteiger partial charge in [0, 0.05) is 35.5 Å². The van der Waals surface area contributed by atoms with Crippen LogP contribution >= 0.6 is 0 Å². The number of carboxylic acid groups (broad SMARTS) is 2. The summed E-state index contributed by atoms with van der Waals surface area (Å²) in [5, 5.41) is 39.4. The Balaban J connectivity index is 0.00000211. The first kappa shape index (κ1) is 43.8. The van der Waals surface area contributed by atoms with Gasteiger partial charge in [-0.05, 0) is 110 Å². The molecule has 0 aliphatic heterocycles. The van der Waals surface area contributed by atoms with Crippen LogP contribution in [0.2, 0.25) is 0 Å². The number of rotatable bonds is 8. The Hall–Kier alpha value is -3.17. The third-order valence-corrected chi connectivity index (χ3v) is 7.25. The molecule has 0 amide bonds. The fourth-order valence-electron chi connectivity index (χ4n) is 5.52. The molecule has 0 saturated heterocycles. The molecule has 263 valence electrons. The van der Waals surface area contributed by atoms with Gasteiger partial charge in [0.05, 0.1) is 12.1 Å². The molecule has 8 nitrogen and oxygen atoms in total. The number of phenolic OH excluding ortho intramolecular Hbond substituents is 2. The molecule has 2 N–H and O–H groups in total. The Kier molecular flexibility index (Phi) is 18.9. The monoisotopic (exact) mass is 695 g/mol. The van der Waals surface area contributed by atoms with E-state index in [2.05, 4.69) is 79.7 Å². The topological polar surface area (TPSA) is 145 Å². The summed E-state index contributed by atoms with van der Waals surface area (Å²) in [6.45, 7) is 19.6. The predicted octanol–water partition coefficient (Wildman–Crippen LogP) is 5.76. The van der Waals surface area contributed by atoms with Crippen LogP contribution in [-0.4, -0.2) is 46.7 Å². The summed E-state index contributed by atoms with van der Waals surface area (Å²) < 4.78 is 0. The Morgan fingerprint density at radius 1 is 0.745 bits per heavy atom. The number of benzene rings is 2. The van der Waals surface area contributed by atoms with E-state index in [0.29, 0.717) is 11.5 Å². The van der Waals surface area contributed by atoms with Crippen molar-refractivity contribution in [3.05, 3.63) is 57.6 Å². The Morgan fingerprint density at radius 3 is 1.34 bits per heavy atom. The molecule has 0 bridgehead atoms. The molecule has 1 radical (unpaired) electrons. The molecular formula is C38H56CoN2O6. The molecule has 1 aliphatic rings. The van der Waals surface area contributed by atoms with Crippen LogP contribution in [0.1, 0.15) is 128 Å². The maximum absolute atomic E-state index is 10.8. The van der Waals surface area contributed by atoms with Crippen molar-refractivity contribution in [2.75, 3.05) is 0 Å². The minimum atomic E-state index is -1.08. The van der Waals surface area contributed by atoms with Gasteiger partial charge in [-0.2, -0.15) is 0 Å². The molecule has 3 rings (SSSR count). The van der Waals surface area contributed by atoms with Crippen molar-refractivity contribution >= 4 is 24.4 Å². The third kappa shape index (κ3) is 18.1. The van der Waals surface area contributed by atoms with E-state index in [4.69, 9.17) is 29.8 Å². The fourth-order valence-corrected chi connectivity index (χ4v) is 5.52. The van der Waals surface area contributed by atoms with E-state index in [1.807, 2.05) is 12.4 Å². The van der Waals surface area contributed by atoms with Crippen LogP contribution in [0.15, 0.2) is 34.3 Å². The van der Waals surface area contributed by atoms with Crippen LogP contribution < -0.4 is 10.2 Å². The van der Waals surface area contributed by atoms with Gasteiger partial charge in [0.1, 0.15) is 11.5 Å². The summed E-state index contributed by atoms with van der Waals surface area (Å²) in [5.74, 6) is -1.45. The fraction of sp³-hybridized carbons (Fsp3) is 0.579. The van der Waals surface area contributed by atoms with Gasteiger partial charge >= 0.3 is 16.8 Å². The van der Waals surface area contributed by atoms with Crippen molar-refractivity contribution in [3.8, 4) is 11.5 Å². The molecule has 2 aromatic carbocycles. The van der Waals surface area contributed by atoms with E-state index in [1.54, 1.807) is 0 Å². The number of aryl methyl sites for hydroxylation is 2. The van der Waals surface area contributed by atoms with Crippen molar-refractivity contribution in [1.82, 2.24) is 0 Å². The van der Waals surface area contributed by atoms with Crippen molar-refractivity contribution in [1.29, 1.82) is 0 Å². The van der Waals surface area contributed by atoms with Gasteiger partial charge in [0.2, 0.25) is 0 Å². The van der Waals surface area contributed by atoms with E-state index in [9.17, 15) is 10.2 Å². The van der Waals surface area contributed by atoms with E-state index in [1.165, 1.54) is 11.1 Å². The molecule has 0 spiro atoms. The average Bonchev–Trinajstić information content (AvgIpc) is 2.91. The van der Waals surface area contributed by atoms with E-state index in [-0.39, 0.29) is 39.7 Å². The number of carboxylic acids is 2. The number of phenols is 2. The molecule has 1 saturated carbocycles. The predicted molar refractivity (Wildman–Crippen MR) is 184 cm³/mol. The molecule has 47 heavy (non-hydrogen) atoms. The molecule has 1 fully saturated rings. The molecule has 0 aromatic heterocycles. The third-order valence-electron chi connectivity index (χ3n) is 7.25. The first-order valence-corrected chi connectivity index (χ1v) is 16.4. The number of carbonyl (C=O) groups is 2. The molecule has 0 heterocycles. The zero-order valence-corrected chi connectivity index (χ0v) is 31.1. The summed E-state index contributed by atoms with van der Waals surface area (Å²) in [7, 11) is 0. The molecular weight excluding hydrogens is 639 g/mol. The average molecular weight is 696 g/mol. The quantitative estimate of drug-likeness (QED) is 0.336. The first-order chi connectivity index (χ1) is 21.2. The van der Waals surface area contributed by atoms with Crippen LogP contribution in [0.25, 0.3) is 0 Å². The van der Waals surface area contributed by atoms with E-state index in [0.717, 1.165) is 87.5 Å². The normalized spacial score (nSPS) is 16.5. The van der Waals surface area contributed by atoms with Gasteiger partial charge in [0.15, 0.2) is 0 Å². The minimum Gasteiger partial charge on any atom is -0.550 e. The zero-order chi connectivity index (χ0) is 35.2. The second kappa shape index (κ2) is 20.3. The number of aliphatic carboxylic acids is 2. The number of nitrogens with zero attached hydrogens (tertiary/aromatic N) is 2. The Morgan fingerprint density at radius 2 is 1.06 bits per heavy atom. The number of hydrogen-bond donors (Lipinski definition) is 2. The van der Waals surface area contributed by atoms with Crippen LogP contribution in [-0.2, 0) is 52.1 Å². The van der Waals surface area contributed by atoms with Gasteiger partial charge in [-0.25, -0.2) is 0 Å². The Bertz CT molecular complexity index is 1250. The van der Waals surface area contributed by atoms with Gasteiger partial charge in [-0.15, -0.1) is 0 Å². The second-order valence-electron chi connectivity index (χ2n) is 14.6. The van der Waals surface area contributed by atoms with Crippen LogP contribution in [0, 0.1) is 10.8 Å². The summed E-state index contributed by atoms with van der Waals surface area (Å²) in [6, 6.07) is 8.85. The zero-order valence-electron chi connectivity index (χ0n) is 30.0. The second-order valence-corrected chi connectivity index (χ2v) is 14.6. The number of hydrogen-bond acceptors (Lipinski definition) is 8. The van der Waals surface area contributed by atoms with Crippen molar-refractivity contribution in [3.63, 3.8) is 0 Å². The molecule has 2 unspecified atom stereocenters. The first-order valence-electron chi connectivity index (χ1n) is 16.4. The summed E-state index contributed by atoms with van der Waals surface area (Å²) in [5.41, 5.74) is 6.48. The minimum absolute atomic E-state index is 0. The van der Waals surface area contributed by atoms with Crippen LogP contribution in [0.5, 0.6) is 11.5 Å². The van der Waals surface area contributed by atoms with Gasteiger partial charge in [-0.1, -0.05) is 67.5 Å². The summed E-state index contributed by atoms with van der Waals surface area (Å²) >= 11 is 0. The standard InChI is InChI=1S/C34H50N2O2.2C2H4O2.Co/c1-9-25-14-23(19-33(3,4)5)16-27(31(25)37)21-35-29-12-11-13-30(18-29)36-22-28-17-24(20-34(6,7)8)15-26(10-2)32(28)38;2*1-2(3)4;/h14-17,21-22,29-30,37-38H,9-13,18-20H2,1-8H3;2*1H3,(H,3,4);/q;;;+2/p-2. The van der Waals surface area contributed by atoms with E-state index >= 15 is 0 Å². The smallest absolute Gasteiger partial charge is 0.550 e. The van der Waals surface area contributed by atoms with Gasteiger partial charge < -0.3 is 30.0 Å². The Labute approximate surface area is 293 Å². The van der Waals surface area contributed by atoms with Crippen molar-refractivity contribution in [2.45, 2.75) is 133 Å². The van der Waals surface area contributed by atoms with E-state index < -0.39 is 11.9 Å². The van der Waals surface area contributed by atoms with Crippen LogP contribution in [0.4, 0.5) is 0 Å². The van der Waals surface area contributed by atoms with Gasteiger partial charge in [0.25, 0.3) is 0 Å². The maximum atomic E-state index is 10.8. The van der Waals surface area contributed by atoms with Gasteiger partial charge in [-0.3, -0.25) is 9.98 Å². The maximum Gasteiger partial charge on any atom is 2.00 e. The number of aromatic hydroxyl groups is 2. The molecule has 2 atom stereocenters. The molecule has 1 aliphatic carbocycles. The SMILES string of the molecule is CC(=O)[O-].CC(=O)[O-].CCc1cc(CC(C)(C)C)cc(C=NC2CCCC(N=Cc3cc(CC(C)(C)C)cc(CC)c3O)C2)c1O.[Co+2]. The largest absolute Gasteiger partial charge is 2.00 e. The van der Waals surface area contributed by atoms with Crippen LogP contribution in [0.3, 0.4) is 0 Å². The van der Waals surface area contributed by atoms with Crippen molar-refractivity contribution in [2.24, 2.45) is 20.8 Å². The van der Waals surface area contributed by atoms with Crippen molar-refractivity contribution < 1.29 is 46.8 Å². The molecule has 9 heteroatoms. The molecule has 2 aromatic rings. The number of aliphatic imine (C=N–C) groups is 2. The number of carbonyl (C=O) groups excluding carboxylic acids is 2.